The Kier molecular flexibility index (Phi) is 8.35. The molecule has 0 saturated heterocycles. The number of fused-ring (bicyclic) bond motifs is 1. The number of alkyl halides is 3. The number of hydrogen-bond donors (Lipinski definition) is 3. The number of ether oxygens (including phenoxy) is 1. The van der Waals surface area contributed by atoms with Crippen LogP contribution in [0.5, 0.6) is 0 Å². The number of halogens is 4. The standard InChI is InChI=1S/C26H27ClF3N3O5/c27-18-4-8-22(21(13-18)26(28,29)30)32-24(36)31-19-5-3-17-14-33(10-9-16(17)12-19)25(37)38-20-6-1-15(2-7-20)11-23(34)35/h3-5,8,12-13,15,20H,1-2,6-7,9-11,14H2,(H,34,35)(H2,31,32,36)/t15-,20-. The SMILES string of the molecule is O=C(O)C[C@H]1CC[C@H](OC(=O)N2CCc3cc(NC(=O)Nc4ccc(Cl)cc4C(F)(F)F)ccc3C2)CC1. The van der Waals surface area contributed by atoms with E-state index in [-0.39, 0.29) is 23.5 Å². The summed E-state index contributed by atoms with van der Waals surface area (Å²) in [4.78, 5) is 37.6. The second-order valence-corrected chi connectivity index (χ2v) is 9.98. The van der Waals surface area contributed by atoms with E-state index in [1.807, 2.05) is 0 Å². The normalized spacial score (nSPS) is 19.3. The molecule has 8 nitrogen and oxygen atoms in total. The summed E-state index contributed by atoms with van der Waals surface area (Å²) < 4.78 is 45.5. The van der Waals surface area contributed by atoms with Crippen LogP contribution in [0.3, 0.4) is 0 Å². The summed E-state index contributed by atoms with van der Waals surface area (Å²) in [5.41, 5.74) is 0.718. The first-order valence-electron chi connectivity index (χ1n) is 12.2. The molecule has 3 N–H and O–H groups in total. The minimum absolute atomic E-state index is 0.0981. The van der Waals surface area contributed by atoms with E-state index in [0.29, 0.717) is 50.9 Å². The highest BCUT2D eigenvalue weighted by Crippen LogP contribution is 2.36. The van der Waals surface area contributed by atoms with Gasteiger partial charge in [0.1, 0.15) is 6.10 Å². The summed E-state index contributed by atoms with van der Waals surface area (Å²) in [6, 6.07) is 7.36. The summed E-state index contributed by atoms with van der Waals surface area (Å²) in [6.07, 6.45) is -1.96. The van der Waals surface area contributed by atoms with Gasteiger partial charge in [-0.3, -0.25) is 4.79 Å². The Morgan fingerprint density at radius 3 is 2.45 bits per heavy atom. The number of carboxylic acids is 1. The van der Waals surface area contributed by atoms with Gasteiger partial charge in [0.15, 0.2) is 0 Å². The number of carbonyl (C=O) groups is 3. The van der Waals surface area contributed by atoms with E-state index >= 15 is 0 Å². The van der Waals surface area contributed by atoms with Crippen LogP contribution in [0.4, 0.5) is 34.1 Å². The van der Waals surface area contributed by atoms with Crippen LogP contribution in [-0.2, 0) is 28.7 Å². The lowest BCUT2D eigenvalue weighted by Gasteiger charge is -2.32. The molecule has 0 unspecified atom stereocenters. The lowest BCUT2D eigenvalue weighted by atomic mass is 9.85. The lowest BCUT2D eigenvalue weighted by Crippen LogP contribution is -2.39. The van der Waals surface area contributed by atoms with Gasteiger partial charge in [0, 0.05) is 30.2 Å². The predicted octanol–water partition coefficient (Wildman–Crippen LogP) is 6.53. The Labute approximate surface area is 222 Å². The van der Waals surface area contributed by atoms with Crippen LogP contribution in [0.2, 0.25) is 5.02 Å². The number of urea groups is 1. The van der Waals surface area contributed by atoms with E-state index in [9.17, 15) is 27.6 Å². The van der Waals surface area contributed by atoms with Crippen LogP contribution < -0.4 is 10.6 Å². The maximum atomic E-state index is 13.3. The second kappa shape index (κ2) is 11.5. The van der Waals surface area contributed by atoms with Crippen LogP contribution in [0.25, 0.3) is 0 Å². The lowest BCUT2D eigenvalue weighted by molar-refractivity contribution is -0.139. The molecule has 1 fully saturated rings. The largest absolute Gasteiger partial charge is 0.481 e. The Hall–Kier alpha value is -3.47. The summed E-state index contributed by atoms with van der Waals surface area (Å²) >= 11 is 5.68. The van der Waals surface area contributed by atoms with Gasteiger partial charge >= 0.3 is 24.3 Å². The molecule has 2 aromatic rings. The molecule has 2 aromatic carbocycles. The number of carboxylic acid groups (broad SMARTS) is 1. The van der Waals surface area contributed by atoms with Crippen molar-refractivity contribution >= 4 is 41.1 Å². The van der Waals surface area contributed by atoms with Gasteiger partial charge in [0.05, 0.1) is 11.3 Å². The summed E-state index contributed by atoms with van der Waals surface area (Å²) in [6.45, 7) is 0.740. The molecule has 204 valence electrons. The predicted molar refractivity (Wildman–Crippen MR) is 134 cm³/mol. The van der Waals surface area contributed by atoms with E-state index in [4.69, 9.17) is 21.4 Å². The monoisotopic (exact) mass is 553 g/mol. The van der Waals surface area contributed by atoms with Crippen LogP contribution >= 0.6 is 11.6 Å². The Morgan fingerprint density at radius 1 is 1.03 bits per heavy atom. The molecule has 0 bridgehead atoms. The summed E-state index contributed by atoms with van der Waals surface area (Å²) in [5.74, 6) is -0.694. The van der Waals surface area contributed by atoms with Gasteiger partial charge in [-0.05, 0) is 79.5 Å². The van der Waals surface area contributed by atoms with Crippen molar-refractivity contribution in [3.63, 3.8) is 0 Å². The minimum atomic E-state index is -4.69. The zero-order valence-electron chi connectivity index (χ0n) is 20.3. The van der Waals surface area contributed by atoms with Crippen molar-refractivity contribution in [2.75, 3.05) is 17.2 Å². The van der Waals surface area contributed by atoms with Crippen molar-refractivity contribution in [2.24, 2.45) is 5.92 Å². The third kappa shape index (κ3) is 7.09. The average Bonchev–Trinajstić information content (AvgIpc) is 2.85. The number of carbonyl (C=O) groups excluding carboxylic acids is 2. The first-order valence-corrected chi connectivity index (χ1v) is 12.6. The van der Waals surface area contributed by atoms with Crippen LogP contribution in [0.1, 0.15) is 48.8 Å². The van der Waals surface area contributed by atoms with E-state index in [1.54, 1.807) is 23.1 Å². The van der Waals surface area contributed by atoms with Crippen LogP contribution in [-0.4, -0.2) is 40.7 Å². The molecule has 0 spiro atoms. The van der Waals surface area contributed by atoms with Crippen molar-refractivity contribution in [1.82, 2.24) is 4.90 Å². The molecule has 3 amide bonds. The maximum absolute atomic E-state index is 13.3. The van der Waals surface area contributed by atoms with Crippen molar-refractivity contribution in [3.05, 3.63) is 58.1 Å². The van der Waals surface area contributed by atoms with Crippen LogP contribution in [0.15, 0.2) is 36.4 Å². The first-order chi connectivity index (χ1) is 18.0. The molecule has 1 aliphatic carbocycles. The molecular weight excluding hydrogens is 527 g/mol. The van der Waals surface area contributed by atoms with Gasteiger partial charge < -0.3 is 25.4 Å². The van der Waals surface area contributed by atoms with Gasteiger partial charge in [-0.15, -0.1) is 0 Å². The fraction of sp³-hybridized carbons (Fsp3) is 0.423. The number of amides is 3. The molecular formula is C26H27ClF3N3O5. The number of nitrogens with zero attached hydrogens (tertiary/aromatic N) is 1. The third-order valence-corrected chi connectivity index (χ3v) is 7.03. The second-order valence-electron chi connectivity index (χ2n) is 9.55. The van der Waals surface area contributed by atoms with Crippen molar-refractivity contribution in [3.8, 4) is 0 Å². The van der Waals surface area contributed by atoms with Gasteiger partial charge in [-0.2, -0.15) is 13.2 Å². The third-order valence-electron chi connectivity index (χ3n) is 6.79. The zero-order valence-corrected chi connectivity index (χ0v) is 21.1. The molecule has 4 rings (SSSR count). The topological polar surface area (TPSA) is 108 Å². The summed E-state index contributed by atoms with van der Waals surface area (Å²) in [5, 5.41) is 13.6. The van der Waals surface area contributed by atoms with E-state index < -0.39 is 35.5 Å². The highest BCUT2D eigenvalue weighted by molar-refractivity contribution is 6.30. The molecule has 0 radical (unpaired) electrons. The van der Waals surface area contributed by atoms with E-state index in [2.05, 4.69) is 10.6 Å². The number of benzene rings is 2. The minimum Gasteiger partial charge on any atom is -0.481 e. The van der Waals surface area contributed by atoms with Gasteiger partial charge in [-0.1, -0.05) is 17.7 Å². The molecule has 0 atom stereocenters. The van der Waals surface area contributed by atoms with E-state index in [1.165, 1.54) is 6.07 Å². The zero-order chi connectivity index (χ0) is 27.4. The van der Waals surface area contributed by atoms with Crippen LogP contribution in [0, 0.1) is 5.92 Å². The fourth-order valence-corrected chi connectivity index (χ4v) is 5.02. The Balaban J connectivity index is 1.31. The quantitative estimate of drug-likeness (QED) is 0.390. The maximum Gasteiger partial charge on any atom is 0.418 e. The smallest absolute Gasteiger partial charge is 0.418 e. The highest BCUT2D eigenvalue weighted by Gasteiger charge is 2.34. The number of rotatable bonds is 5. The number of nitrogens with one attached hydrogen (secondary N) is 2. The number of aliphatic carboxylic acids is 1. The average molecular weight is 554 g/mol. The molecule has 38 heavy (non-hydrogen) atoms. The first kappa shape index (κ1) is 27.6. The highest BCUT2D eigenvalue weighted by atomic mass is 35.5. The fourth-order valence-electron chi connectivity index (χ4n) is 4.85. The van der Waals surface area contributed by atoms with Crippen molar-refractivity contribution in [1.29, 1.82) is 0 Å². The summed E-state index contributed by atoms with van der Waals surface area (Å²) in [7, 11) is 0. The van der Waals surface area contributed by atoms with Gasteiger partial charge in [0.25, 0.3) is 0 Å². The molecule has 12 heteroatoms. The molecule has 2 aliphatic rings. The Bertz CT molecular complexity index is 1220. The molecule has 1 aliphatic heterocycles. The molecule has 1 saturated carbocycles. The van der Waals surface area contributed by atoms with Crippen molar-refractivity contribution in [2.45, 2.75) is 57.3 Å². The van der Waals surface area contributed by atoms with Crippen molar-refractivity contribution < 1.29 is 37.4 Å². The number of hydrogen-bond acceptors (Lipinski definition) is 4. The number of anilines is 2. The van der Waals surface area contributed by atoms with Gasteiger partial charge in [0.2, 0.25) is 0 Å². The van der Waals surface area contributed by atoms with Gasteiger partial charge in [-0.25, -0.2) is 9.59 Å². The molecule has 1 heterocycles. The molecule has 0 aromatic heterocycles. The Morgan fingerprint density at radius 2 is 1.76 bits per heavy atom. The van der Waals surface area contributed by atoms with E-state index in [0.717, 1.165) is 23.3 Å².